The Hall–Kier alpha value is -2.55. The summed E-state index contributed by atoms with van der Waals surface area (Å²) in [4.78, 5) is 36.3. The number of anilines is 2. The quantitative estimate of drug-likeness (QED) is 0.710. The lowest BCUT2D eigenvalue weighted by Gasteiger charge is -2.29. The summed E-state index contributed by atoms with van der Waals surface area (Å²) in [7, 11) is 0. The summed E-state index contributed by atoms with van der Waals surface area (Å²) in [5.41, 5.74) is -0.0785. The summed E-state index contributed by atoms with van der Waals surface area (Å²) >= 11 is 1.23. The lowest BCUT2D eigenvalue weighted by molar-refractivity contribution is -0.120. The van der Waals surface area contributed by atoms with Gasteiger partial charge in [0, 0.05) is 24.4 Å². The molecule has 0 bridgehead atoms. The second-order valence-electron chi connectivity index (χ2n) is 6.23. The summed E-state index contributed by atoms with van der Waals surface area (Å²) in [5.74, 6) is -0.750. The predicted octanol–water partition coefficient (Wildman–Crippen LogP) is 2.80. The molecule has 0 aliphatic heterocycles. The third kappa shape index (κ3) is 4.34. The average molecular weight is 375 g/mol. The Balaban J connectivity index is 1.64. The normalized spacial score (nSPS) is 19.7. The largest absolute Gasteiger partial charge is 0.476 e. The van der Waals surface area contributed by atoms with Gasteiger partial charge >= 0.3 is 5.97 Å². The Morgan fingerprint density at radius 2 is 2.19 bits per heavy atom. The molecule has 1 aliphatic carbocycles. The maximum Gasteiger partial charge on any atom is 0.357 e. The minimum atomic E-state index is -1.12. The number of aryl methyl sites for hydroxylation is 1. The number of nitrogens with one attached hydrogen (secondary N) is 2. The number of aromatic carboxylic acids is 1. The van der Waals surface area contributed by atoms with Crippen LogP contribution in [0.1, 0.15) is 48.1 Å². The van der Waals surface area contributed by atoms with E-state index in [0.29, 0.717) is 28.7 Å². The van der Waals surface area contributed by atoms with E-state index in [1.54, 1.807) is 18.6 Å². The van der Waals surface area contributed by atoms with E-state index < -0.39 is 5.97 Å². The fourth-order valence-electron chi connectivity index (χ4n) is 3.10. The number of thiazole rings is 1. The van der Waals surface area contributed by atoms with Crippen LogP contribution in [0.2, 0.25) is 0 Å². The van der Waals surface area contributed by atoms with Crippen LogP contribution in [0.3, 0.4) is 0 Å². The summed E-state index contributed by atoms with van der Waals surface area (Å²) in [6, 6.07) is 0.141. The molecule has 3 N–H and O–H groups in total. The van der Waals surface area contributed by atoms with E-state index in [-0.39, 0.29) is 23.6 Å². The first kappa shape index (κ1) is 18.2. The van der Waals surface area contributed by atoms with Crippen molar-refractivity contribution in [3.05, 3.63) is 29.3 Å². The number of rotatable bonds is 6. The number of aromatic nitrogens is 3. The molecule has 0 saturated heterocycles. The molecule has 9 heteroatoms. The fraction of sp³-hybridized carbons (Fsp3) is 0.471. The van der Waals surface area contributed by atoms with Crippen LogP contribution in [0, 0.1) is 5.92 Å². The van der Waals surface area contributed by atoms with Gasteiger partial charge in [0.25, 0.3) is 0 Å². The van der Waals surface area contributed by atoms with Crippen LogP contribution >= 0.6 is 11.3 Å². The lowest BCUT2D eigenvalue weighted by Crippen LogP contribution is -2.34. The van der Waals surface area contributed by atoms with Gasteiger partial charge in [0.05, 0.1) is 11.2 Å². The zero-order valence-electron chi connectivity index (χ0n) is 14.4. The van der Waals surface area contributed by atoms with E-state index in [9.17, 15) is 14.7 Å². The Bertz CT molecular complexity index is 780. The van der Waals surface area contributed by atoms with Gasteiger partial charge in [0.1, 0.15) is 10.8 Å². The number of hydrogen-bond acceptors (Lipinski definition) is 7. The molecule has 26 heavy (non-hydrogen) atoms. The first-order valence-electron chi connectivity index (χ1n) is 8.63. The van der Waals surface area contributed by atoms with Crippen molar-refractivity contribution in [3.8, 4) is 0 Å². The van der Waals surface area contributed by atoms with Crippen molar-refractivity contribution in [1.82, 2.24) is 15.0 Å². The number of hydrogen-bond donors (Lipinski definition) is 3. The second kappa shape index (κ2) is 8.22. The molecule has 1 amide bonds. The minimum absolute atomic E-state index is 0.0785. The number of nitrogens with zero attached hydrogens (tertiary/aromatic N) is 3. The molecule has 2 unspecified atom stereocenters. The molecule has 3 rings (SSSR count). The summed E-state index contributed by atoms with van der Waals surface area (Å²) in [5, 5.41) is 16.4. The number of amides is 1. The van der Waals surface area contributed by atoms with Crippen molar-refractivity contribution < 1.29 is 14.7 Å². The molecule has 2 heterocycles. The molecule has 138 valence electrons. The average Bonchev–Trinajstić information content (AvgIpc) is 3.06. The van der Waals surface area contributed by atoms with Crippen molar-refractivity contribution in [2.45, 2.75) is 45.1 Å². The predicted molar refractivity (Wildman–Crippen MR) is 98.5 cm³/mol. The van der Waals surface area contributed by atoms with Crippen LogP contribution < -0.4 is 10.6 Å². The smallest absolute Gasteiger partial charge is 0.357 e. The van der Waals surface area contributed by atoms with E-state index in [2.05, 4.69) is 25.6 Å². The molecule has 8 nitrogen and oxygen atoms in total. The van der Waals surface area contributed by atoms with E-state index >= 15 is 0 Å². The van der Waals surface area contributed by atoms with Gasteiger partial charge in [-0.1, -0.05) is 13.3 Å². The fourth-order valence-corrected chi connectivity index (χ4v) is 4.00. The van der Waals surface area contributed by atoms with E-state index in [0.717, 1.165) is 19.3 Å². The Kier molecular flexibility index (Phi) is 5.77. The highest BCUT2D eigenvalue weighted by molar-refractivity contribution is 7.16. The van der Waals surface area contributed by atoms with E-state index in [1.807, 2.05) is 6.92 Å². The molecule has 0 spiro atoms. The molecule has 1 aliphatic rings. The highest BCUT2D eigenvalue weighted by Crippen LogP contribution is 2.30. The number of carbonyl (C=O) groups is 2. The van der Waals surface area contributed by atoms with Crippen LogP contribution in [-0.4, -0.2) is 38.0 Å². The zero-order chi connectivity index (χ0) is 18.5. The number of carbonyl (C=O) groups excluding carboxylic acids is 1. The second-order valence-corrected chi connectivity index (χ2v) is 7.31. The maximum absolute atomic E-state index is 12.7. The molecule has 0 aromatic carbocycles. The Morgan fingerprint density at radius 1 is 1.35 bits per heavy atom. The molecular formula is C17H21N5O3S. The third-order valence-electron chi connectivity index (χ3n) is 4.37. The van der Waals surface area contributed by atoms with Gasteiger partial charge in [-0.05, 0) is 25.7 Å². The SMILES string of the molecule is CCc1nc(C(=O)O)c(NC(=O)C2CCCC(Nc3cnccn3)C2)s1. The first-order chi connectivity index (χ1) is 12.6. The topological polar surface area (TPSA) is 117 Å². The van der Waals surface area contributed by atoms with Crippen molar-refractivity contribution in [2.24, 2.45) is 5.92 Å². The maximum atomic E-state index is 12.7. The summed E-state index contributed by atoms with van der Waals surface area (Å²) in [6.07, 6.45) is 8.86. The van der Waals surface area contributed by atoms with Crippen LogP contribution in [0.4, 0.5) is 10.8 Å². The van der Waals surface area contributed by atoms with Gasteiger partial charge in [-0.2, -0.15) is 0 Å². The molecule has 1 fully saturated rings. The monoisotopic (exact) mass is 375 g/mol. The van der Waals surface area contributed by atoms with Crippen LogP contribution in [0.5, 0.6) is 0 Å². The highest BCUT2D eigenvalue weighted by Gasteiger charge is 2.29. The third-order valence-corrected chi connectivity index (χ3v) is 5.49. The number of carboxylic acids is 1. The Morgan fingerprint density at radius 3 is 2.88 bits per heavy atom. The van der Waals surface area contributed by atoms with Crippen molar-refractivity contribution >= 4 is 34.0 Å². The van der Waals surface area contributed by atoms with Crippen LogP contribution in [-0.2, 0) is 11.2 Å². The first-order valence-corrected chi connectivity index (χ1v) is 9.45. The molecule has 2 atom stereocenters. The molecular weight excluding hydrogens is 354 g/mol. The van der Waals surface area contributed by atoms with E-state index in [4.69, 9.17) is 0 Å². The van der Waals surface area contributed by atoms with Gasteiger partial charge in [-0.15, -0.1) is 11.3 Å². The van der Waals surface area contributed by atoms with Crippen LogP contribution in [0.25, 0.3) is 0 Å². The molecule has 2 aromatic rings. The van der Waals surface area contributed by atoms with Gasteiger partial charge in [-0.3, -0.25) is 9.78 Å². The van der Waals surface area contributed by atoms with Gasteiger partial charge in [0.2, 0.25) is 5.91 Å². The van der Waals surface area contributed by atoms with E-state index in [1.165, 1.54) is 11.3 Å². The molecule has 0 radical (unpaired) electrons. The summed E-state index contributed by atoms with van der Waals surface area (Å²) in [6.45, 7) is 1.90. The van der Waals surface area contributed by atoms with Gasteiger partial charge in [0.15, 0.2) is 5.69 Å². The van der Waals surface area contributed by atoms with Crippen molar-refractivity contribution in [1.29, 1.82) is 0 Å². The van der Waals surface area contributed by atoms with Crippen LogP contribution in [0.15, 0.2) is 18.6 Å². The Labute approximate surface area is 155 Å². The standard InChI is InChI=1S/C17H21N5O3S/c1-2-13-21-14(17(24)25)16(26-13)22-15(23)10-4-3-5-11(8-10)20-12-9-18-6-7-19-12/h6-7,9-11H,2-5,8H2,1H3,(H,19,20)(H,22,23)(H,24,25). The zero-order valence-corrected chi connectivity index (χ0v) is 15.3. The molecule has 1 saturated carbocycles. The minimum Gasteiger partial charge on any atom is -0.476 e. The molecule has 2 aromatic heterocycles. The summed E-state index contributed by atoms with van der Waals surface area (Å²) < 4.78 is 0. The lowest BCUT2D eigenvalue weighted by atomic mass is 9.85. The highest BCUT2D eigenvalue weighted by atomic mass is 32.1. The van der Waals surface area contributed by atoms with Crippen molar-refractivity contribution in [2.75, 3.05) is 10.6 Å². The van der Waals surface area contributed by atoms with Crippen molar-refractivity contribution in [3.63, 3.8) is 0 Å². The van der Waals surface area contributed by atoms with Gasteiger partial charge < -0.3 is 15.7 Å². The number of carboxylic acid groups (broad SMARTS) is 1. The van der Waals surface area contributed by atoms with Gasteiger partial charge in [-0.25, -0.2) is 14.8 Å².